The fourth-order valence-electron chi connectivity index (χ4n) is 3.23. The summed E-state index contributed by atoms with van der Waals surface area (Å²) in [5.41, 5.74) is 2.39. The molecule has 0 aromatic heterocycles. The Bertz CT molecular complexity index is 843. The number of benzene rings is 2. The Hall–Kier alpha value is -2.86. The molecule has 154 valence electrons. The zero-order valence-electron chi connectivity index (χ0n) is 17.4. The standard InChI is InChI=1S/C23H29N3O3/c1-4-18-8-10-21(11-9-18)29-17(2)22(27)24-20-7-5-6-19(16-20)23(28)26-14-12-25(3)13-15-26/h5-11,16-17H,4,12-15H2,1-3H3,(H,24,27). The molecule has 1 saturated heterocycles. The number of amides is 2. The molecule has 1 unspecified atom stereocenters. The van der Waals surface area contributed by atoms with E-state index in [0.29, 0.717) is 30.1 Å². The van der Waals surface area contributed by atoms with E-state index in [1.54, 1.807) is 31.2 Å². The van der Waals surface area contributed by atoms with Crippen molar-refractivity contribution in [3.8, 4) is 5.75 Å². The number of ether oxygens (including phenoxy) is 1. The van der Waals surface area contributed by atoms with Gasteiger partial charge in [-0.15, -0.1) is 0 Å². The van der Waals surface area contributed by atoms with E-state index in [9.17, 15) is 9.59 Å². The van der Waals surface area contributed by atoms with Gasteiger partial charge in [-0.1, -0.05) is 25.1 Å². The Labute approximate surface area is 172 Å². The third kappa shape index (κ3) is 5.57. The maximum atomic E-state index is 12.7. The number of hydrogen-bond donors (Lipinski definition) is 1. The number of carbonyl (C=O) groups excluding carboxylic acids is 2. The van der Waals surface area contributed by atoms with Crippen molar-refractivity contribution >= 4 is 17.5 Å². The molecule has 0 bridgehead atoms. The summed E-state index contributed by atoms with van der Waals surface area (Å²) in [7, 11) is 2.05. The highest BCUT2D eigenvalue weighted by atomic mass is 16.5. The predicted molar refractivity (Wildman–Crippen MR) is 114 cm³/mol. The van der Waals surface area contributed by atoms with Crippen LogP contribution in [-0.4, -0.2) is 60.9 Å². The van der Waals surface area contributed by atoms with E-state index >= 15 is 0 Å². The van der Waals surface area contributed by atoms with Crippen LogP contribution < -0.4 is 10.1 Å². The quantitative estimate of drug-likeness (QED) is 0.817. The molecular formula is C23H29N3O3. The van der Waals surface area contributed by atoms with E-state index in [2.05, 4.69) is 24.2 Å². The summed E-state index contributed by atoms with van der Waals surface area (Å²) in [6.45, 7) is 6.98. The fourth-order valence-corrected chi connectivity index (χ4v) is 3.23. The average molecular weight is 396 g/mol. The third-order valence-electron chi connectivity index (χ3n) is 5.18. The van der Waals surface area contributed by atoms with Crippen LogP contribution in [0.4, 0.5) is 5.69 Å². The van der Waals surface area contributed by atoms with E-state index in [-0.39, 0.29) is 11.8 Å². The Morgan fingerprint density at radius 3 is 2.41 bits per heavy atom. The maximum absolute atomic E-state index is 12.7. The molecule has 1 heterocycles. The van der Waals surface area contributed by atoms with Gasteiger partial charge in [-0.3, -0.25) is 9.59 Å². The van der Waals surface area contributed by atoms with Gasteiger partial charge < -0.3 is 19.9 Å². The minimum absolute atomic E-state index is 0.00508. The summed E-state index contributed by atoms with van der Waals surface area (Å²) < 4.78 is 5.74. The number of aryl methyl sites for hydroxylation is 1. The number of carbonyl (C=O) groups is 2. The lowest BCUT2D eigenvalue weighted by molar-refractivity contribution is -0.122. The molecule has 1 atom stereocenters. The molecule has 1 fully saturated rings. The van der Waals surface area contributed by atoms with Crippen molar-refractivity contribution in [2.75, 3.05) is 38.5 Å². The first-order valence-electron chi connectivity index (χ1n) is 10.1. The summed E-state index contributed by atoms with van der Waals surface area (Å²) in [5.74, 6) is 0.395. The molecule has 0 saturated carbocycles. The molecule has 0 spiro atoms. The Kier molecular flexibility index (Phi) is 6.88. The topological polar surface area (TPSA) is 61.9 Å². The molecule has 0 radical (unpaired) electrons. The number of piperazine rings is 1. The molecule has 1 N–H and O–H groups in total. The molecule has 2 amide bonds. The molecule has 1 aliphatic heterocycles. The van der Waals surface area contributed by atoms with Gasteiger partial charge in [-0.05, 0) is 56.3 Å². The second-order valence-corrected chi connectivity index (χ2v) is 7.42. The molecular weight excluding hydrogens is 366 g/mol. The summed E-state index contributed by atoms with van der Waals surface area (Å²) in [6, 6.07) is 14.8. The number of anilines is 1. The van der Waals surface area contributed by atoms with Crippen LogP contribution in [0.3, 0.4) is 0 Å². The second kappa shape index (κ2) is 9.56. The summed E-state index contributed by atoms with van der Waals surface area (Å²) in [5, 5.41) is 2.85. The summed E-state index contributed by atoms with van der Waals surface area (Å²) in [6.07, 6.45) is 0.305. The Balaban J connectivity index is 1.59. The third-order valence-corrected chi connectivity index (χ3v) is 5.18. The van der Waals surface area contributed by atoms with Crippen LogP contribution in [0, 0.1) is 0 Å². The van der Waals surface area contributed by atoms with E-state index in [1.165, 1.54) is 5.56 Å². The Morgan fingerprint density at radius 1 is 1.07 bits per heavy atom. The predicted octanol–water partition coefficient (Wildman–Crippen LogP) is 3.04. The summed E-state index contributed by atoms with van der Waals surface area (Å²) >= 11 is 0. The number of nitrogens with zero attached hydrogens (tertiary/aromatic N) is 2. The molecule has 3 rings (SSSR count). The van der Waals surface area contributed by atoms with Crippen molar-refractivity contribution < 1.29 is 14.3 Å². The van der Waals surface area contributed by atoms with Gasteiger partial charge in [0.25, 0.3) is 11.8 Å². The lowest BCUT2D eigenvalue weighted by atomic mass is 10.1. The van der Waals surface area contributed by atoms with Crippen molar-refractivity contribution in [3.63, 3.8) is 0 Å². The van der Waals surface area contributed by atoms with Gasteiger partial charge >= 0.3 is 0 Å². The first kappa shape index (κ1) is 20.9. The SMILES string of the molecule is CCc1ccc(OC(C)C(=O)Nc2cccc(C(=O)N3CCN(C)CC3)c2)cc1. The van der Waals surface area contributed by atoms with Crippen LogP contribution in [0.15, 0.2) is 48.5 Å². The molecule has 2 aromatic rings. The van der Waals surface area contributed by atoms with Crippen LogP contribution in [0.1, 0.15) is 29.8 Å². The fraction of sp³-hybridized carbons (Fsp3) is 0.391. The van der Waals surface area contributed by atoms with Crippen molar-refractivity contribution in [2.45, 2.75) is 26.4 Å². The minimum atomic E-state index is -0.653. The first-order valence-corrected chi connectivity index (χ1v) is 10.1. The smallest absolute Gasteiger partial charge is 0.265 e. The summed E-state index contributed by atoms with van der Waals surface area (Å²) in [4.78, 5) is 29.3. The second-order valence-electron chi connectivity index (χ2n) is 7.42. The van der Waals surface area contributed by atoms with Gasteiger partial charge in [0.2, 0.25) is 0 Å². The van der Waals surface area contributed by atoms with Crippen LogP contribution in [0.2, 0.25) is 0 Å². The van der Waals surface area contributed by atoms with Gasteiger partial charge in [0.15, 0.2) is 6.10 Å². The van der Waals surface area contributed by atoms with E-state index in [0.717, 1.165) is 19.5 Å². The minimum Gasteiger partial charge on any atom is -0.481 e. The van der Waals surface area contributed by atoms with Gasteiger partial charge in [0, 0.05) is 37.4 Å². The highest BCUT2D eigenvalue weighted by Crippen LogP contribution is 2.17. The average Bonchev–Trinajstić information content (AvgIpc) is 2.74. The van der Waals surface area contributed by atoms with E-state index < -0.39 is 6.10 Å². The van der Waals surface area contributed by atoms with Gasteiger partial charge in [-0.25, -0.2) is 0 Å². The zero-order valence-corrected chi connectivity index (χ0v) is 17.4. The molecule has 0 aliphatic carbocycles. The van der Waals surface area contributed by atoms with Crippen LogP contribution in [0.5, 0.6) is 5.75 Å². The van der Waals surface area contributed by atoms with Crippen LogP contribution in [-0.2, 0) is 11.2 Å². The van der Waals surface area contributed by atoms with Crippen LogP contribution in [0.25, 0.3) is 0 Å². The Morgan fingerprint density at radius 2 is 1.76 bits per heavy atom. The van der Waals surface area contributed by atoms with Gasteiger partial charge in [-0.2, -0.15) is 0 Å². The van der Waals surface area contributed by atoms with Crippen molar-refractivity contribution in [3.05, 3.63) is 59.7 Å². The van der Waals surface area contributed by atoms with Crippen molar-refractivity contribution in [1.82, 2.24) is 9.80 Å². The lowest BCUT2D eigenvalue weighted by Crippen LogP contribution is -2.47. The van der Waals surface area contributed by atoms with E-state index in [1.807, 2.05) is 29.2 Å². The molecule has 2 aromatic carbocycles. The van der Waals surface area contributed by atoms with Gasteiger partial charge in [0.05, 0.1) is 0 Å². The molecule has 1 aliphatic rings. The maximum Gasteiger partial charge on any atom is 0.265 e. The van der Waals surface area contributed by atoms with Crippen molar-refractivity contribution in [1.29, 1.82) is 0 Å². The number of rotatable bonds is 6. The van der Waals surface area contributed by atoms with Gasteiger partial charge in [0.1, 0.15) is 5.75 Å². The lowest BCUT2D eigenvalue weighted by Gasteiger charge is -2.32. The highest BCUT2D eigenvalue weighted by molar-refractivity contribution is 5.98. The molecule has 29 heavy (non-hydrogen) atoms. The number of hydrogen-bond acceptors (Lipinski definition) is 4. The number of nitrogens with one attached hydrogen (secondary N) is 1. The highest BCUT2D eigenvalue weighted by Gasteiger charge is 2.21. The molecule has 6 nitrogen and oxygen atoms in total. The zero-order chi connectivity index (χ0) is 20.8. The van der Waals surface area contributed by atoms with E-state index in [4.69, 9.17) is 4.74 Å². The normalized spacial score (nSPS) is 15.6. The first-order chi connectivity index (χ1) is 14.0. The largest absolute Gasteiger partial charge is 0.481 e. The van der Waals surface area contributed by atoms with Crippen molar-refractivity contribution in [2.24, 2.45) is 0 Å². The number of likely N-dealkylation sites (N-methyl/N-ethyl adjacent to an activating group) is 1. The monoisotopic (exact) mass is 395 g/mol. The van der Waals surface area contributed by atoms with Crippen LogP contribution >= 0.6 is 0 Å². The molecule has 6 heteroatoms.